The van der Waals surface area contributed by atoms with Crippen molar-refractivity contribution in [2.24, 2.45) is 0 Å². The van der Waals surface area contributed by atoms with Gasteiger partial charge in [0.25, 0.3) is 0 Å². The van der Waals surface area contributed by atoms with Gasteiger partial charge < -0.3 is 19.5 Å². The van der Waals surface area contributed by atoms with E-state index in [2.05, 4.69) is 11.1 Å². The number of alkyl halides is 3. The summed E-state index contributed by atoms with van der Waals surface area (Å²) < 4.78 is 45.9. The van der Waals surface area contributed by atoms with Crippen LogP contribution in [0, 0.1) is 11.3 Å². The zero-order valence-electron chi connectivity index (χ0n) is 21.2. The third-order valence-corrected chi connectivity index (χ3v) is 6.06. The minimum absolute atomic E-state index is 0.454. The van der Waals surface area contributed by atoms with Gasteiger partial charge in [-0.3, -0.25) is 4.98 Å². The Bertz CT molecular complexity index is 1230. The van der Waals surface area contributed by atoms with Gasteiger partial charge in [-0.05, 0) is 32.6 Å². The van der Waals surface area contributed by atoms with Crippen LogP contribution in [-0.2, 0) is 11.2 Å². The van der Waals surface area contributed by atoms with Crippen molar-refractivity contribution in [1.29, 1.82) is 5.26 Å². The summed E-state index contributed by atoms with van der Waals surface area (Å²) in [6.45, 7) is 1.19. The Hall–Kier alpha value is -3.61. The van der Waals surface area contributed by atoms with Gasteiger partial charge in [-0.1, -0.05) is 55.8 Å². The van der Waals surface area contributed by atoms with Gasteiger partial charge in [-0.2, -0.15) is 18.4 Å². The first-order chi connectivity index (χ1) is 17.5. The number of hydrogen-bond donors (Lipinski definition) is 1. The fourth-order valence-corrected chi connectivity index (χ4v) is 4.72. The maximum absolute atomic E-state index is 12.3. The number of ether oxygens (including phenoxy) is 2. The maximum Gasteiger partial charge on any atom is 0.401 e. The number of hydrogen-bond acceptors (Lipinski definition) is 6. The Morgan fingerprint density at radius 3 is 2.16 bits per heavy atom. The van der Waals surface area contributed by atoms with Gasteiger partial charge in [-0.25, -0.2) is 0 Å². The van der Waals surface area contributed by atoms with Crippen LogP contribution >= 0.6 is 0 Å². The number of pyridine rings is 1. The molecule has 9 heteroatoms. The van der Waals surface area contributed by atoms with Crippen LogP contribution < -0.4 is 9.47 Å². The number of methoxy groups -OCH3 is 1. The summed E-state index contributed by atoms with van der Waals surface area (Å²) in [4.78, 5) is 5.31. The minimum atomic E-state index is -4.05. The largest absolute Gasteiger partial charge is 0.495 e. The SMILES string of the molecule is CCCC1(O)c2c(OC)cncc2OC1(c1ccccc1)c1ccc(C#N)cc1.CN(C)CC(F)(F)F. The van der Waals surface area contributed by atoms with Crippen molar-refractivity contribution in [2.45, 2.75) is 37.1 Å². The Morgan fingerprint density at radius 1 is 1.05 bits per heavy atom. The molecule has 0 aliphatic carbocycles. The molecule has 1 N–H and O–H groups in total. The molecular formula is C28H30F3N3O3. The molecule has 3 aromatic rings. The van der Waals surface area contributed by atoms with Crippen LogP contribution in [0.1, 0.15) is 42.0 Å². The highest BCUT2D eigenvalue weighted by atomic mass is 19.4. The molecule has 196 valence electrons. The van der Waals surface area contributed by atoms with Crippen LogP contribution in [-0.4, -0.2) is 48.9 Å². The van der Waals surface area contributed by atoms with Gasteiger partial charge >= 0.3 is 6.18 Å². The lowest BCUT2D eigenvalue weighted by Gasteiger charge is -2.42. The zero-order valence-corrected chi connectivity index (χ0v) is 21.2. The van der Waals surface area contributed by atoms with Crippen molar-refractivity contribution in [1.82, 2.24) is 9.88 Å². The second-order valence-corrected chi connectivity index (χ2v) is 9.02. The molecule has 0 radical (unpaired) electrons. The number of aliphatic hydroxyl groups is 1. The fourth-order valence-electron chi connectivity index (χ4n) is 4.72. The smallest absolute Gasteiger partial charge is 0.401 e. The second-order valence-electron chi connectivity index (χ2n) is 9.02. The van der Waals surface area contributed by atoms with Crippen LogP contribution in [0.2, 0.25) is 0 Å². The van der Waals surface area contributed by atoms with Crippen LogP contribution in [0.3, 0.4) is 0 Å². The molecule has 1 aliphatic rings. The molecule has 1 aromatic heterocycles. The molecule has 0 spiro atoms. The van der Waals surface area contributed by atoms with E-state index < -0.39 is 23.9 Å². The predicted octanol–water partition coefficient (Wildman–Crippen LogP) is 5.40. The van der Waals surface area contributed by atoms with Gasteiger partial charge in [0, 0.05) is 11.1 Å². The van der Waals surface area contributed by atoms with Crippen molar-refractivity contribution in [2.75, 3.05) is 27.7 Å². The highest BCUT2D eigenvalue weighted by Crippen LogP contribution is 2.60. The van der Waals surface area contributed by atoms with Gasteiger partial charge in [0.15, 0.2) is 5.60 Å². The number of benzene rings is 2. The first-order valence-corrected chi connectivity index (χ1v) is 11.7. The number of halogens is 3. The predicted molar refractivity (Wildman–Crippen MR) is 133 cm³/mol. The van der Waals surface area contributed by atoms with Crippen LogP contribution in [0.25, 0.3) is 0 Å². The van der Waals surface area contributed by atoms with E-state index in [0.29, 0.717) is 29.0 Å². The Balaban J connectivity index is 0.000000414. The van der Waals surface area contributed by atoms with Crippen LogP contribution in [0.15, 0.2) is 67.0 Å². The topological polar surface area (TPSA) is 78.6 Å². The molecule has 37 heavy (non-hydrogen) atoms. The molecule has 4 rings (SSSR count). The van der Waals surface area contributed by atoms with E-state index in [-0.39, 0.29) is 0 Å². The molecule has 0 saturated carbocycles. The summed E-state index contributed by atoms with van der Waals surface area (Å²) in [5.74, 6) is 0.985. The average Bonchev–Trinajstić information content (AvgIpc) is 3.13. The van der Waals surface area contributed by atoms with E-state index in [9.17, 15) is 23.5 Å². The number of aromatic nitrogens is 1. The highest BCUT2D eigenvalue weighted by Gasteiger charge is 2.62. The second kappa shape index (κ2) is 11.2. The van der Waals surface area contributed by atoms with E-state index in [1.165, 1.54) is 14.1 Å². The summed E-state index contributed by atoms with van der Waals surface area (Å²) in [7, 11) is 4.33. The van der Waals surface area contributed by atoms with E-state index in [1.54, 1.807) is 31.6 Å². The van der Waals surface area contributed by atoms with Gasteiger partial charge in [0.2, 0.25) is 0 Å². The van der Waals surface area contributed by atoms with E-state index in [0.717, 1.165) is 22.4 Å². The molecule has 2 aromatic carbocycles. The minimum Gasteiger partial charge on any atom is -0.495 e. The summed E-state index contributed by atoms with van der Waals surface area (Å²) in [6.07, 6.45) is 0.351. The summed E-state index contributed by atoms with van der Waals surface area (Å²) in [5.41, 5.74) is 0.143. The molecule has 0 amide bonds. The van der Waals surface area contributed by atoms with Crippen LogP contribution in [0.4, 0.5) is 13.2 Å². The molecule has 2 unspecified atom stereocenters. The number of nitriles is 1. The Morgan fingerprint density at radius 2 is 1.68 bits per heavy atom. The Labute approximate surface area is 214 Å². The number of fused-ring (bicyclic) bond motifs is 1. The molecule has 2 atom stereocenters. The number of nitrogens with zero attached hydrogens (tertiary/aromatic N) is 3. The molecule has 1 aliphatic heterocycles. The van der Waals surface area contributed by atoms with Crippen molar-refractivity contribution in [3.63, 3.8) is 0 Å². The standard InChI is InChI=1S/C24H22N2O3.C4H8F3N/c1-3-13-23(27)22-20(28-2)15-26-16-21(22)29-24(23,18-7-5-4-6-8-18)19-11-9-17(14-25)10-12-19;1-8(2)3-4(5,6)7/h4-12,15-16,27H,3,13H2,1-2H3;3H2,1-2H3. The lowest BCUT2D eigenvalue weighted by Crippen LogP contribution is -2.50. The normalized spacial score (nSPS) is 20.3. The lowest BCUT2D eigenvalue weighted by atomic mass is 9.69. The molecule has 0 fully saturated rings. The average molecular weight is 514 g/mol. The summed E-state index contributed by atoms with van der Waals surface area (Å²) >= 11 is 0. The van der Waals surface area contributed by atoms with Gasteiger partial charge in [0.1, 0.15) is 17.1 Å². The van der Waals surface area contributed by atoms with Gasteiger partial charge in [-0.15, -0.1) is 0 Å². The maximum atomic E-state index is 12.3. The number of rotatable bonds is 6. The first kappa shape index (κ1) is 28.0. The molecular weight excluding hydrogens is 483 g/mol. The first-order valence-electron chi connectivity index (χ1n) is 11.7. The third kappa shape index (κ3) is 5.55. The van der Waals surface area contributed by atoms with Crippen LogP contribution in [0.5, 0.6) is 11.5 Å². The summed E-state index contributed by atoms with van der Waals surface area (Å²) in [6, 6.07) is 19.0. The monoisotopic (exact) mass is 513 g/mol. The highest BCUT2D eigenvalue weighted by molar-refractivity contribution is 5.58. The molecule has 0 saturated heterocycles. The van der Waals surface area contributed by atoms with E-state index in [1.807, 2.05) is 49.4 Å². The van der Waals surface area contributed by atoms with Crippen molar-refractivity contribution < 1.29 is 27.8 Å². The zero-order chi connectivity index (χ0) is 27.3. The molecule has 2 heterocycles. The van der Waals surface area contributed by atoms with Crippen molar-refractivity contribution in [3.05, 3.63) is 89.2 Å². The lowest BCUT2D eigenvalue weighted by molar-refractivity contribution is -0.140. The fraction of sp³-hybridized carbons (Fsp3) is 0.357. The Kier molecular flexibility index (Phi) is 8.46. The van der Waals surface area contributed by atoms with Crippen molar-refractivity contribution >= 4 is 0 Å². The van der Waals surface area contributed by atoms with Crippen molar-refractivity contribution in [3.8, 4) is 17.6 Å². The molecule has 0 bridgehead atoms. The molecule has 6 nitrogen and oxygen atoms in total. The van der Waals surface area contributed by atoms with E-state index >= 15 is 0 Å². The quantitative estimate of drug-likeness (QED) is 0.476. The third-order valence-electron chi connectivity index (χ3n) is 6.06. The van der Waals surface area contributed by atoms with Gasteiger partial charge in [0.05, 0.1) is 43.2 Å². The summed E-state index contributed by atoms with van der Waals surface area (Å²) in [5, 5.41) is 21.5. The van der Waals surface area contributed by atoms with E-state index in [4.69, 9.17) is 9.47 Å².